The quantitative estimate of drug-likeness (QED) is 0.421. The maximum atomic E-state index is 15.1. The molecule has 0 N–H and O–H groups in total. The summed E-state index contributed by atoms with van der Waals surface area (Å²) in [5.74, 6) is -0.205. The van der Waals surface area contributed by atoms with Gasteiger partial charge in [0.25, 0.3) is 0 Å². The number of carbonyl (C=O) groups excluding carboxylic acids is 1. The van der Waals surface area contributed by atoms with Gasteiger partial charge in [0.05, 0.1) is 11.9 Å². The highest BCUT2D eigenvalue weighted by atomic mass is 19.1. The third kappa shape index (κ3) is 4.22. The Hall–Kier alpha value is -3.49. The van der Waals surface area contributed by atoms with Crippen LogP contribution in [0.3, 0.4) is 0 Å². The third-order valence-electron chi connectivity index (χ3n) is 6.14. The van der Waals surface area contributed by atoms with Crippen LogP contribution < -0.4 is 0 Å². The van der Waals surface area contributed by atoms with Gasteiger partial charge >= 0.3 is 6.09 Å². The van der Waals surface area contributed by atoms with E-state index in [1.165, 1.54) is 0 Å². The number of hydrogen-bond acceptors (Lipinski definition) is 5. The van der Waals surface area contributed by atoms with Gasteiger partial charge in [0.15, 0.2) is 17.1 Å². The van der Waals surface area contributed by atoms with Gasteiger partial charge in [-0.25, -0.2) is 23.7 Å². The molecule has 0 unspecified atom stereocenters. The zero-order valence-corrected chi connectivity index (χ0v) is 20.2. The summed E-state index contributed by atoms with van der Waals surface area (Å²) in [6.45, 7) is 10.7. The molecule has 9 heteroatoms. The average Bonchev–Trinajstić information content (AvgIpc) is 3.36. The molecule has 1 fully saturated rings. The number of fused-ring (bicyclic) bond motifs is 2. The van der Waals surface area contributed by atoms with E-state index in [1.54, 1.807) is 19.9 Å². The van der Waals surface area contributed by atoms with Crippen LogP contribution in [-0.4, -0.2) is 53.7 Å². The van der Waals surface area contributed by atoms with Gasteiger partial charge in [-0.3, -0.25) is 0 Å². The maximum Gasteiger partial charge on any atom is 0.410 e. The maximum absolute atomic E-state index is 15.1. The van der Waals surface area contributed by atoms with Crippen molar-refractivity contribution in [3.8, 4) is 11.4 Å². The molecule has 1 aliphatic rings. The largest absolute Gasteiger partial charge is 0.444 e. The summed E-state index contributed by atoms with van der Waals surface area (Å²) in [5.41, 5.74) is 4.59. The number of carbonyl (C=O) groups is 1. The molecule has 34 heavy (non-hydrogen) atoms. The third-order valence-corrected chi connectivity index (χ3v) is 6.14. The number of aryl methyl sites for hydroxylation is 2. The van der Waals surface area contributed by atoms with Gasteiger partial charge in [0.2, 0.25) is 0 Å². The minimum absolute atomic E-state index is 0.161. The van der Waals surface area contributed by atoms with Crippen molar-refractivity contribution in [2.24, 2.45) is 0 Å². The lowest BCUT2D eigenvalue weighted by molar-refractivity contribution is 0.0204. The van der Waals surface area contributed by atoms with E-state index in [-0.39, 0.29) is 23.5 Å². The fraction of sp³-hybridized carbons (Fsp3) is 0.440. The van der Waals surface area contributed by atoms with E-state index >= 15 is 4.39 Å². The van der Waals surface area contributed by atoms with Gasteiger partial charge in [0, 0.05) is 25.5 Å². The fourth-order valence-electron chi connectivity index (χ4n) is 4.52. The smallest absolute Gasteiger partial charge is 0.410 e. The Kier molecular flexibility index (Phi) is 5.30. The fourth-order valence-corrected chi connectivity index (χ4v) is 4.52. The minimum Gasteiger partial charge on any atom is -0.444 e. The van der Waals surface area contributed by atoms with Gasteiger partial charge in [-0.1, -0.05) is 0 Å². The summed E-state index contributed by atoms with van der Waals surface area (Å²) in [6, 6.07) is 3.50. The highest BCUT2D eigenvalue weighted by molar-refractivity contribution is 5.68. The predicted molar refractivity (Wildman–Crippen MR) is 126 cm³/mol. The summed E-state index contributed by atoms with van der Waals surface area (Å²) < 4.78 is 24.0. The molecule has 0 bridgehead atoms. The lowest BCUT2D eigenvalue weighted by Crippen LogP contribution is -2.41. The number of amides is 1. The van der Waals surface area contributed by atoms with Crippen LogP contribution >= 0.6 is 0 Å². The van der Waals surface area contributed by atoms with E-state index in [0.717, 1.165) is 35.3 Å². The van der Waals surface area contributed by atoms with E-state index in [0.29, 0.717) is 24.5 Å². The average molecular weight is 465 g/mol. The molecule has 0 atom stereocenters. The second-order valence-electron chi connectivity index (χ2n) is 10.1. The summed E-state index contributed by atoms with van der Waals surface area (Å²) in [6.07, 6.45) is 6.83. The number of hydrogen-bond donors (Lipinski definition) is 0. The number of nitrogens with zero attached hydrogens (tertiary/aromatic N) is 6. The normalized spacial score (nSPS) is 15.4. The monoisotopic (exact) mass is 464 g/mol. The molecule has 1 aliphatic heterocycles. The number of pyridine rings is 1. The Morgan fingerprint density at radius 1 is 1.03 bits per heavy atom. The van der Waals surface area contributed by atoms with Gasteiger partial charge in [-0.15, -0.1) is 0 Å². The second kappa shape index (κ2) is 8.07. The highest BCUT2D eigenvalue weighted by Gasteiger charge is 2.28. The zero-order valence-electron chi connectivity index (χ0n) is 20.2. The van der Waals surface area contributed by atoms with Crippen molar-refractivity contribution in [2.75, 3.05) is 13.1 Å². The summed E-state index contributed by atoms with van der Waals surface area (Å²) in [4.78, 5) is 23.1. The van der Waals surface area contributed by atoms with Crippen molar-refractivity contribution < 1.29 is 13.9 Å². The second-order valence-corrected chi connectivity index (χ2v) is 10.1. The van der Waals surface area contributed by atoms with Gasteiger partial charge < -0.3 is 14.0 Å². The number of aromatic nitrogens is 5. The minimum atomic E-state index is -0.518. The van der Waals surface area contributed by atoms with Crippen LogP contribution in [-0.2, 0) is 4.74 Å². The summed E-state index contributed by atoms with van der Waals surface area (Å²) in [5, 5.41) is 4.62. The number of piperidine rings is 1. The van der Waals surface area contributed by atoms with E-state index in [9.17, 15) is 4.79 Å². The van der Waals surface area contributed by atoms with E-state index in [4.69, 9.17) is 4.74 Å². The van der Waals surface area contributed by atoms with Crippen molar-refractivity contribution in [2.45, 2.75) is 59.0 Å². The zero-order chi connectivity index (χ0) is 24.2. The highest BCUT2D eigenvalue weighted by Crippen LogP contribution is 2.31. The molecule has 0 aliphatic carbocycles. The van der Waals surface area contributed by atoms with Crippen molar-refractivity contribution in [1.29, 1.82) is 0 Å². The van der Waals surface area contributed by atoms with Crippen LogP contribution in [0.1, 0.15) is 56.4 Å². The summed E-state index contributed by atoms with van der Waals surface area (Å²) >= 11 is 0. The number of ether oxygens (including phenoxy) is 1. The van der Waals surface area contributed by atoms with E-state index in [1.807, 2.05) is 59.3 Å². The number of halogens is 1. The predicted octanol–water partition coefficient (Wildman–Crippen LogP) is 4.91. The molecule has 0 aromatic carbocycles. The molecule has 5 heterocycles. The van der Waals surface area contributed by atoms with Gasteiger partial charge in [-0.05, 0) is 76.6 Å². The Morgan fingerprint density at radius 2 is 1.76 bits per heavy atom. The molecule has 1 amide bonds. The van der Waals surface area contributed by atoms with Crippen molar-refractivity contribution >= 4 is 17.4 Å². The molecule has 0 spiro atoms. The number of imidazole rings is 2. The van der Waals surface area contributed by atoms with Crippen LogP contribution in [0.25, 0.3) is 22.7 Å². The molecule has 4 aromatic rings. The van der Waals surface area contributed by atoms with E-state index in [2.05, 4.69) is 15.1 Å². The molecule has 1 saturated heterocycles. The van der Waals surface area contributed by atoms with Crippen LogP contribution in [0.4, 0.5) is 9.18 Å². The SMILES string of the molecule is Cc1cn2nc(-c3cn4cc(C5CCN(C(=O)OC(C)(C)C)CC5)cc(F)c4n3)cc(C)c2n1. The Labute approximate surface area is 197 Å². The topological polar surface area (TPSA) is 77.0 Å². The van der Waals surface area contributed by atoms with Gasteiger partial charge in [-0.2, -0.15) is 5.10 Å². The number of rotatable bonds is 2. The first-order valence-electron chi connectivity index (χ1n) is 11.6. The van der Waals surface area contributed by atoms with Crippen LogP contribution in [0.5, 0.6) is 0 Å². The first-order chi connectivity index (χ1) is 16.1. The van der Waals surface area contributed by atoms with Crippen LogP contribution in [0.2, 0.25) is 0 Å². The first kappa shape index (κ1) is 22.3. The van der Waals surface area contributed by atoms with Crippen molar-refractivity contribution in [1.82, 2.24) is 28.9 Å². The first-order valence-corrected chi connectivity index (χ1v) is 11.6. The lowest BCUT2D eigenvalue weighted by atomic mass is 9.90. The molecule has 4 aromatic heterocycles. The number of likely N-dealkylation sites (tertiary alicyclic amines) is 1. The Morgan fingerprint density at radius 3 is 2.47 bits per heavy atom. The van der Waals surface area contributed by atoms with Crippen LogP contribution in [0.15, 0.2) is 30.7 Å². The lowest BCUT2D eigenvalue weighted by Gasteiger charge is -2.33. The van der Waals surface area contributed by atoms with Crippen LogP contribution in [0, 0.1) is 19.7 Å². The molecular formula is C25H29FN6O2. The molecule has 5 rings (SSSR count). The van der Waals surface area contributed by atoms with E-state index < -0.39 is 5.60 Å². The molecule has 0 radical (unpaired) electrons. The Balaban J connectivity index is 1.39. The van der Waals surface area contributed by atoms with Crippen molar-refractivity contribution in [3.05, 3.63) is 53.4 Å². The molecule has 8 nitrogen and oxygen atoms in total. The van der Waals surface area contributed by atoms with Crippen molar-refractivity contribution in [3.63, 3.8) is 0 Å². The molecular weight excluding hydrogens is 435 g/mol. The molecule has 0 saturated carbocycles. The van der Waals surface area contributed by atoms with Gasteiger partial charge in [0.1, 0.15) is 17.0 Å². The molecule has 178 valence electrons. The standard InChI is InChI=1S/C25H29FN6O2/c1-15-10-20(29-32-12-16(2)27-22(15)32)21-14-31-13-18(11-19(26)23(31)28-21)17-6-8-30(9-7-17)24(33)34-25(3,4)5/h10-14,17H,6-9H2,1-5H3. The Bertz CT molecular complexity index is 1390. The summed E-state index contributed by atoms with van der Waals surface area (Å²) in [7, 11) is 0.